The third-order valence-electron chi connectivity index (χ3n) is 1.86. The molecular formula is C9H10FNO6S2. The lowest BCUT2D eigenvalue weighted by Gasteiger charge is -2.10. The van der Waals surface area contributed by atoms with Crippen LogP contribution in [0.2, 0.25) is 0 Å². The minimum Gasteiger partial charge on any atom is -0.478 e. The summed E-state index contributed by atoms with van der Waals surface area (Å²) < 4.78 is 59.8. The van der Waals surface area contributed by atoms with Crippen LogP contribution in [-0.4, -0.2) is 39.3 Å². The van der Waals surface area contributed by atoms with Gasteiger partial charge >= 0.3 is 5.97 Å². The molecule has 1 rings (SSSR count). The Morgan fingerprint density at radius 2 is 1.89 bits per heavy atom. The molecule has 0 atom stereocenters. The van der Waals surface area contributed by atoms with Crippen molar-refractivity contribution in [3.8, 4) is 0 Å². The summed E-state index contributed by atoms with van der Waals surface area (Å²) >= 11 is 0. The Morgan fingerprint density at radius 3 is 2.37 bits per heavy atom. The van der Waals surface area contributed by atoms with Crippen molar-refractivity contribution >= 4 is 31.5 Å². The predicted molar refractivity (Wildman–Crippen MR) is 65.6 cm³/mol. The molecule has 0 saturated heterocycles. The van der Waals surface area contributed by atoms with E-state index < -0.39 is 48.0 Å². The number of carboxylic acid groups (broad SMARTS) is 1. The van der Waals surface area contributed by atoms with Crippen LogP contribution in [0.4, 0.5) is 10.1 Å². The molecular weight excluding hydrogens is 301 g/mol. The predicted octanol–water partition coefficient (Wildman–Crippen LogP) is 0.268. The number of anilines is 1. The summed E-state index contributed by atoms with van der Waals surface area (Å²) in [4.78, 5) is 10.8. The fraction of sp³-hybridized carbons (Fsp3) is 0.222. The lowest BCUT2D eigenvalue weighted by Crippen LogP contribution is -2.23. The Balaban J connectivity index is 3.21. The van der Waals surface area contributed by atoms with Gasteiger partial charge < -0.3 is 5.11 Å². The lowest BCUT2D eigenvalue weighted by atomic mass is 10.2. The number of carboxylic acids is 1. The first-order valence-corrected chi connectivity index (χ1v) is 8.43. The number of sulfonamides is 1. The van der Waals surface area contributed by atoms with Crippen molar-refractivity contribution in [1.82, 2.24) is 0 Å². The molecule has 0 saturated carbocycles. The van der Waals surface area contributed by atoms with Gasteiger partial charge in [-0.15, -0.1) is 0 Å². The van der Waals surface area contributed by atoms with E-state index in [1.807, 2.05) is 0 Å². The summed E-state index contributed by atoms with van der Waals surface area (Å²) in [5, 5.41) is 7.56. The monoisotopic (exact) mass is 311 g/mol. The van der Waals surface area contributed by atoms with Gasteiger partial charge in [-0.25, -0.2) is 26.0 Å². The Morgan fingerprint density at radius 1 is 1.32 bits per heavy atom. The average Bonchev–Trinajstić information content (AvgIpc) is 2.11. The molecule has 10 heteroatoms. The maximum Gasteiger partial charge on any atom is 0.340 e. The first-order chi connectivity index (χ1) is 8.52. The first-order valence-electron chi connectivity index (χ1n) is 4.72. The Bertz CT molecular complexity index is 710. The highest BCUT2D eigenvalue weighted by atomic mass is 32.3. The van der Waals surface area contributed by atoms with Gasteiger partial charge in [0, 0.05) is 6.26 Å². The number of sulfone groups is 1. The summed E-state index contributed by atoms with van der Waals surface area (Å²) in [6.07, 6.45) is 0.704. The maximum absolute atomic E-state index is 13.3. The molecule has 1 aromatic rings. The van der Waals surface area contributed by atoms with Crippen molar-refractivity contribution in [3.05, 3.63) is 29.6 Å². The highest BCUT2D eigenvalue weighted by Gasteiger charge is 2.22. The minimum absolute atomic E-state index is 0.531. The summed E-state index contributed by atoms with van der Waals surface area (Å²) in [6.45, 7) is 0. The number of nitrogens with one attached hydrogen (secondary N) is 1. The van der Waals surface area contributed by atoms with Crippen LogP contribution in [0.15, 0.2) is 18.2 Å². The number of hydrogen-bond acceptors (Lipinski definition) is 5. The van der Waals surface area contributed by atoms with E-state index in [1.54, 1.807) is 4.72 Å². The van der Waals surface area contributed by atoms with Gasteiger partial charge in [0.25, 0.3) is 0 Å². The van der Waals surface area contributed by atoms with E-state index in [2.05, 4.69) is 0 Å². The summed E-state index contributed by atoms with van der Waals surface area (Å²) in [5.41, 5.74) is -1.41. The third-order valence-corrected chi connectivity index (χ3v) is 5.35. The molecule has 0 aromatic heterocycles. The zero-order valence-electron chi connectivity index (χ0n) is 9.62. The molecule has 0 bridgehead atoms. The second kappa shape index (κ2) is 5.13. The summed E-state index contributed by atoms with van der Waals surface area (Å²) in [7, 11) is -8.17. The van der Waals surface area contributed by atoms with E-state index in [-0.39, 0.29) is 0 Å². The van der Waals surface area contributed by atoms with Gasteiger partial charge in [0.1, 0.15) is 11.4 Å². The van der Waals surface area contributed by atoms with Crippen molar-refractivity contribution in [2.24, 2.45) is 0 Å². The van der Waals surface area contributed by atoms with Gasteiger partial charge in [-0.05, 0) is 12.1 Å². The summed E-state index contributed by atoms with van der Waals surface area (Å²) in [5.74, 6) is -2.80. The van der Waals surface area contributed by atoms with Gasteiger partial charge in [0.15, 0.2) is 14.9 Å². The molecule has 19 heavy (non-hydrogen) atoms. The van der Waals surface area contributed by atoms with Gasteiger partial charge in [-0.3, -0.25) is 4.72 Å². The molecule has 0 amide bonds. The van der Waals surface area contributed by atoms with Crippen LogP contribution in [0.3, 0.4) is 0 Å². The van der Waals surface area contributed by atoms with Crippen molar-refractivity contribution in [3.63, 3.8) is 0 Å². The van der Waals surface area contributed by atoms with Crippen molar-refractivity contribution in [2.45, 2.75) is 0 Å². The lowest BCUT2D eigenvalue weighted by molar-refractivity contribution is 0.0693. The van der Waals surface area contributed by atoms with Gasteiger partial charge in [-0.1, -0.05) is 6.07 Å². The van der Waals surface area contributed by atoms with E-state index >= 15 is 0 Å². The third kappa shape index (κ3) is 4.48. The number of benzene rings is 1. The topological polar surface area (TPSA) is 118 Å². The molecule has 0 aliphatic carbocycles. The number of hydrogen-bond donors (Lipinski definition) is 2. The van der Waals surface area contributed by atoms with Crippen LogP contribution in [0.1, 0.15) is 10.4 Å². The SMILES string of the molecule is CS(=O)(=O)CS(=O)(=O)Nc1cccc(F)c1C(=O)O. The quantitative estimate of drug-likeness (QED) is 0.806. The molecule has 0 unspecified atom stereocenters. The average molecular weight is 311 g/mol. The second-order valence-corrected chi connectivity index (χ2v) is 7.96. The zero-order chi connectivity index (χ0) is 14.8. The maximum atomic E-state index is 13.3. The van der Waals surface area contributed by atoms with Crippen molar-refractivity contribution in [1.29, 1.82) is 0 Å². The number of aromatic carboxylic acids is 1. The standard InChI is InChI=1S/C9H10FNO6S2/c1-18(14,15)5-19(16,17)11-7-4-2-3-6(10)8(7)9(12)13/h2-4,11H,5H2,1H3,(H,12,13). The highest BCUT2D eigenvalue weighted by Crippen LogP contribution is 2.20. The molecule has 106 valence electrons. The largest absolute Gasteiger partial charge is 0.478 e. The second-order valence-electron chi connectivity index (χ2n) is 3.73. The molecule has 7 nitrogen and oxygen atoms in total. The highest BCUT2D eigenvalue weighted by molar-refractivity contribution is 8.08. The van der Waals surface area contributed by atoms with E-state index in [9.17, 15) is 26.0 Å². The fourth-order valence-corrected chi connectivity index (χ4v) is 4.30. The van der Waals surface area contributed by atoms with E-state index in [1.165, 1.54) is 0 Å². The smallest absolute Gasteiger partial charge is 0.340 e. The molecule has 1 aromatic carbocycles. The van der Waals surface area contributed by atoms with E-state index in [0.717, 1.165) is 18.2 Å². The zero-order valence-corrected chi connectivity index (χ0v) is 11.3. The van der Waals surface area contributed by atoms with Crippen molar-refractivity contribution < 1.29 is 31.1 Å². The Hall–Kier alpha value is -1.68. The number of rotatable bonds is 5. The Kier molecular flexibility index (Phi) is 4.15. The van der Waals surface area contributed by atoms with Gasteiger partial charge in [0.05, 0.1) is 5.69 Å². The van der Waals surface area contributed by atoms with Crippen LogP contribution in [0.5, 0.6) is 0 Å². The van der Waals surface area contributed by atoms with Crippen LogP contribution in [0.25, 0.3) is 0 Å². The van der Waals surface area contributed by atoms with Crippen LogP contribution >= 0.6 is 0 Å². The van der Waals surface area contributed by atoms with Gasteiger partial charge in [-0.2, -0.15) is 0 Å². The molecule has 0 heterocycles. The van der Waals surface area contributed by atoms with Crippen LogP contribution < -0.4 is 4.72 Å². The van der Waals surface area contributed by atoms with Crippen LogP contribution in [-0.2, 0) is 19.9 Å². The van der Waals surface area contributed by atoms with Crippen LogP contribution in [0, 0.1) is 5.82 Å². The molecule has 0 fully saturated rings. The molecule has 0 aliphatic rings. The summed E-state index contributed by atoms with van der Waals surface area (Å²) in [6, 6.07) is 2.96. The van der Waals surface area contributed by atoms with Crippen molar-refractivity contribution in [2.75, 3.05) is 16.1 Å². The molecule has 2 N–H and O–H groups in total. The van der Waals surface area contributed by atoms with Gasteiger partial charge in [0.2, 0.25) is 10.0 Å². The van der Waals surface area contributed by atoms with E-state index in [0.29, 0.717) is 6.26 Å². The molecule has 0 spiro atoms. The van der Waals surface area contributed by atoms with E-state index in [4.69, 9.17) is 5.11 Å². The fourth-order valence-electron chi connectivity index (χ4n) is 1.31. The number of halogens is 1. The minimum atomic E-state index is -4.33. The molecule has 0 radical (unpaired) electrons. The first kappa shape index (κ1) is 15.4. The number of carbonyl (C=O) groups is 1. The normalized spacial score (nSPS) is 12.1. The Labute approximate surface area is 109 Å². The molecule has 0 aliphatic heterocycles.